The van der Waals surface area contributed by atoms with E-state index < -0.39 is 36.5 Å². The monoisotopic (exact) mass is 387 g/mol. The standard InChI is InChI=1S/C12H11BrF5N3O/c13-7-1-8(12(16,17)18)10(19-2-7)21-4-6(5-21)11(22)20-3-9(14)15/h1-2,6,9H,3-5H2,(H,20,22). The van der Waals surface area contributed by atoms with Crippen LogP contribution in [-0.2, 0) is 11.0 Å². The highest BCUT2D eigenvalue weighted by atomic mass is 79.9. The lowest BCUT2D eigenvalue weighted by Crippen LogP contribution is -2.55. The van der Waals surface area contributed by atoms with E-state index >= 15 is 0 Å². The van der Waals surface area contributed by atoms with Gasteiger partial charge in [0.15, 0.2) is 0 Å². The average Bonchev–Trinajstić information content (AvgIpc) is 2.35. The van der Waals surface area contributed by atoms with Gasteiger partial charge in [0, 0.05) is 23.8 Å². The lowest BCUT2D eigenvalue weighted by atomic mass is 9.98. The van der Waals surface area contributed by atoms with Crippen molar-refractivity contribution in [2.75, 3.05) is 24.5 Å². The Morgan fingerprint density at radius 3 is 2.64 bits per heavy atom. The molecule has 1 N–H and O–H groups in total. The minimum absolute atomic E-state index is 0.00673. The number of carbonyl (C=O) groups is 1. The van der Waals surface area contributed by atoms with E-state index in [4.69, 9.17) is 0 Å². The molecule has 10 heteroatoms. The van der Waals surface area contributed by atoms with Gasteiger partial charge in [-0.25, -0.2) is 13.8 Å². The third kappa shape index (κ3) is 3.84. The van der Waals surface area contributed by atoms with Crippen molar-refractivity contribution in [2.24, 2.45) is 5.92 Å². The molecule has 2 heterocycles. The molecule has 1 fully saturated rings. The fourth-order valence-corrected chi connectivity index (χ4v) is 2.36. The molecule has 1 saturated heterocycles. The summed E-state index contributed by atoms with van der Waals surface area (Å²) in [5, 5.41) is 2.04. The van der Waals surface area contributed by atoms with Gasteiger partial charge in [-0.15, -0.1) is 0 Å². The molecule has 0 unspecified atom stereocenters. The Balaban J connectivity index is 2.03. The zero-order valence-corrected chi connectivity index (χ0v) is 12.6. The Kier molecular flexibility index (Phi) is 4.88. The lowest BCUT2D eigenvalue weighted by Gasteiger charge is -2.40. The first-order valence-corrected chi connectivity index (χ1v) is 7.01. The Bertz CT molecular complexity index is 560. The van der Waals surface area contributed by atoms with Gasteiger partial charge in [0.05, 0.1) is 18.0 Å². The highest BCUT2D eigenvalue weighted by molar-refractivity contribution is 9.10. The van der Waals surface area contributed by atoms with Crippen LogP contribution in [0, 0.1) is 5.92 Å². The van der Waals surface area contributed by atoms with Crippen LogP contribution >= 0.6 is 15.9 Å². The molecule has 4 nitrogen and oxygen atoms in total. The van der Waals surface area contributed by atoms with Crippen molar-refractivity contribution >= 4 is 27.7 Å². The summed E-state index contributed by atoms with van der Waals surface area (Å²) >= 11 is 2.93. The number of aromatic nitrogens is 1. The molecule has 0 aromatic carbocycles. The van der Waals surface area contributed by atoms with Crippen molar-refractivity contribution in [3.63, 3.8) is 0 Å². The number of nitrogens with one attached hydrogen (secondary N) is 1. The Labute approximate surface area is 130 Å². The van der Waals surface area contributed by atoms with Crippen LogP contribution in [0.25, 0.3) is 0 Å². The summed E-state index contributed by atoms with van der Waals surface area (Å²) in [6.45, 7) is -0.751. The molecule has 1 aliphatic rings. The van der Waals surface area contributed by atoms with Gasteiger partial charge < -0.3 is 10.2 Å². The second-order valence-corrected chi connectivity index (χ2v) is 5.68. The van der Waals surface area contributed by atoms with E-state index in [0.29, 0.717) is 0 Å². The van der Waals surface area contributed by atoms with Crippen molar-refractivity contribution in [3.05, 3.63) is 22.3 Å². The summed E-state index contributed by atoms with van der Waals surface area (Å²) < 4.78 is 63.0. The summed E-state index contributed by atoms with van der Waals surface area (Å²) in [7, 11) is 0. The summed E-state index contributed by atoms with van der Waals surface area (Å²) in [5.41, 5.74) is -0.909. The number of alkyl halides is 5. The number of halogens is 6. The number of rotatable bonds is 4. The van der Waals surface area contributed by atoms with Gasteiger partial charge in [-0.2, -0.15) is 13.2 Å². The third-order valence-electron chi connectivity index (χ3n) is 3.12. The smallest absolute Gasteiger partial charge is 0.354 e. The number of hydrogen-bond donors (Lipinski definition) is 1. The zero-order valence-electron chi connectivity index (χ0n) is 11.0. The number of carbonyl (C=O) groups excluding carboxylic acids is 1. The first-order chi connectivity index (χ1) is 10.2. The van der Waals surface area contributed by atoms with Crippen LogP contribution in [0.4, 0.5) is 27.8 Å². The SMILES string of the molecule is O=C(NCC(F)F)C1CN(c2ncc(Br)cc2C(F)(F)F)C1. The van der Waals surface area contributed by atoms with Gasteiger partial charge in [0.1, 0.15) is 5.82 Å². The molecule has 2 rings (SSSR count). The molecule has 122 valence electrons. The second kappa shape index (κ2) is 6.35. The summed E-state index contributed by atoms with van der Waals surface area (Å²) in [4.78, 5) is 16.6. The molecule has 0 radical (unpaired) electrons. The molecule has 1 aromatic rings. The van der Waals surface area contributed by atoms with Crippen LogP contribution in [0.3, 0.4) is 0 Å². The zero-order chi connectivity index (χ0) is 16.5. The molecule has 0 atom stereocenters. The number of nitrogens with zero attached hydrogens (tertiary/aromatic N) is 2. The van der Waals surface area contributed by atoms with Crippen LogP contribution in [0.15, 0.2) is 16.7 Å². The predicted octanol–water partition coefficient (Wildman–Crippen LogP) is 2.68. The van der Waals surface area contributed by atoms with Crippen molar-refractivity contribution in [1.29, 1.82) is 0 Å². The quantitative estimate of drug-likeness (QED) is 0.807. The van der Waals surface area contributed by atoms with Gasteiger partial charge in [0.2, 0.25) is 5.91 Å². The minimum atomic E-state index is -4.57. The summed E-state index contributed by atoms with van der Waals surface area (Å²) in [6.07, 6.45) is -6.01. The molecule has 0 aliphatic carbocycles. The number of amides is 1. The molecule has 0 spiro atoms. The van der Waals surface area contributed by atoms with Crippen molar-refractivity contribution in [2.45, 2.75) is 12.6 Å². The first kappa shape index (κ1) is 16.9. The van der Waals surface area contributed by atoms with Crippen molar-refractivity contribution in [1.82, 2.24) is 10.3 Å². The van der Waals surface area contributed by atoms with E-state index in [1.165, 1.54) is 11.1 Å². The number of anilines is 1. The van der Waals surface area contributed by atoms with Crippen LogP contribution in [0.1, 0.15) is 5.56 Å². The van der Waals surface area contributed by atoms with Gasteiger partial charge >= 0.3 is 6.18 Å². The molecule has 1 aliphatic heterocycles. The lowest BCUT2D eigenvalue weighted by molar-refractivity contribution is -0.137. The van der Waals surface area contributed by atoms with Gasteiger partial charge in [0.25, 0.3) is 6.43 Å². The van der Waals surface area contributed by atoms with Crippen LogP contribution in [0.5, 0.6) is 0 Å². The molecular formula is C12H11BrF5N3O. The summed E-state index contributed by atoms with van der Waals surface area (Å²) in [5.74, 6) is -1.49. The largest absolute Gasteiger partial charge is 0.419 e. The topological polar surface area (TPSA) is 45.2 Å². The molecular weight excluding hydrogens is 377 g/mol. The fraction of sp³-hybridized carbons (Fsp3) is 0.500. The third-order valence-corrected chi connectivity index (χ3v) is 3.55. The molecule has 0 saturated carbocycles. The Morgan fingerprint density at radius 1 is 1.45 bits per heavy atom. The van der Waals surface area contributed by atoms with Crippen LogP contribution in [0.2, 0.25) is 0 Å². The molecule has 22 heavy (non-hydrogen) atoms. The maximum absolute atomic E-state index is 13.0. The average molecular weight is 388 g/mol. The number of hydrogen-bond acceptors (Lipinski definition) is 3. The summed E-state index contributed by atoms with van der Waals surface area (Å²) in [6, 6.07) is 0.909. The van der Waals surface area contributed by atoms with E-state index in [9.17, 15) is 26.7 Å². The van der Waals surface area contributed by atoms with Gasteiger partial charge in [-0.3, -0.25) is 4.79 Å². The van der Waals surface area contributed by atoms with Gasteiger partial charge in [-0.1, -0.05) is 0 Å². The molecule has 0 bridgehead atoms. The molecule has 1 aromatic heterocycles. The Hall–Kier alpha value is -1.45. The molecule has 1 amide bonds. The van der Waals surface area contributed by atoms with Crippen molar-refractivity contribution < 1.29 is 26.7 Å². The fourth-order valence-electron chi connectivity index (χ4n) is 2.03. The van der Waals surface area contributed by atoms with Crippen LogP contribution in [-0.4, -0.2) is 37.0 Å². The maximum Gasteiger partial charge on any atom is 0.419 e. The highest BCUT2D eigenvalue weighted by Crippen LogP contribution is 2.38. The van der Waals surface area contributed by atoms with E-state index in [-0.39, 0.29) is 23.4 Å². The van der Waals surface area contributed by atoms with Crippen molar-refractivity contribution in [3.8, 4) is 0 Å². The van der Waals surface area contributed by atoms with Gasteiger partial charge in [-0.05, 0) is 22.0 Å². The predicted molar refractivity (Wildman–Crippen MR) is 71.7 cm³/mol. The van der Waals surface area contributed by atoms with Crippen LogP contribution < -0.4 is 10.2 Å². The van der Waals surface area contributed by atoms with E-state index in [1.54, 1.807) is 0 Å². The first-order valence-electron chi connectivity index (χ1n) is 6.22. The second-order valence-electron chi connectivity index (χ2n) is 4.76. The maximum atomic E-state index is 13.0. The highest BCUT2D eigenvalue weighted by Gasteiger charge is 2.41. The van der Waals surface area contributed by atoms with E-state index in [0.717, 1.165) is 6.07 Å². The van der Waals surface area contributed by atoms with E-state index in [1.807, 2.05) is 5.32 Å². The number of pyridine rings is 1. The normalized spacial score (nSPS) is 15.9. The van der Waals surface area contributed by atoms with E-state index in [2.05, 4.69) is 20.9 Å². The minimum Gasteiger partial charge on any atom is -0.354 e. The Morgan fingerprint density at radius 2 is 2.09 bits per heavy atom.